The lowest BCUT2D eigenvalue weighted by Gasteiger charge is -2.35. The molecule has 1 aromatic carbocycles. The molecule has 2 fully saturated rings. The number of hydrogen-bond donors (Lipinski definition) is 0. The van der Waals surface area contributed by atoms with Crippen LogP contribution < -0.4 is 0 Å². The molecule has 1 atom stereocenters. The highest BCUT2D eigenvalue weighted by Crippen LogP contribution is 2.44. The first kappa shape index (κ1) is 26.1. The van der Waals surface area contributed by atoms with Gasteiger partial charge < -0.3 is 14.4 Å². The molecule has 6 nitrogen and oxygen atoms in total. The lowest BCUT2D eigenvalue weighted by atomic mass is 9.89. The number of carbonyl (C=O) groups excluding carboxylic acids is 2. The first-order chi connectivity index (χ1) is 15.8. The van der Waals surface area contributed by atoms with E-state index in [-0.39, 0.29) is 39.2 Å². The minimum Gasteiger partial charge on any atom is -0.456 e. The Morgan fingerprint density at radius 1 is 1.06 bits per heavy atom. The maximum absolute atomic E-state index is 13.6. The molecule has 0 bridgehead atoms. The van der Waals surface area contributed by atoms with Gasteiger partial charge in [-0.15, -0.1) is 0 Å². The molecular formula is C22H26F6N2O4. The minimum absolute atomic E-state index is 0.0768. The zero-order valence-corrected chi connectivity index (χ0v) is 18.5. The van der Waals surface area contributed by atoms with Gasteiger partial charge in [-0.05, 0) is 55.9 Å². The monoisotopic (exact) mass is 496 g/mol. The summed E-state index contributed by atoms with van der Waals surface area (Å²) in [4.78, 5) is 26.0. The summed E-state index contributed by atoms with van der Waals surface area (Å²) in [6.45, 7) is 1.79. The van der Waals surface area contributed by atoms with Gasteiger partial charge in [-0.2, -0.15) is 26.3 Å². The third-order valence-corrected chi connectivity index (χ3v) is 6.31. The van der Waals surface area contributed by atoms with Gasteiger partial charge in [-0.25, -0.2) is 4.79 Å². The minimum atomic E-state index is -4.66. The molecule has 12 heteroatoms. The number of halogens is 6. The van der Waals surface area contributed by atoms with Crippen LogP contribution in [0.25, 0.3) is 0 Å². The van der Waals surface area contributed by atoms with Crippen LogP contribution in [0.3, 0.4) is 0 Å². The topological polar surface area (TPSA) is 59.1 Å². The molecule has 1 amide bonds. The molecule has 3 rings (SSSR count). The molecule has 0 spiro atoms. The molecular weight excluding hydrogens is 470 g/mol. The number of carbonyl (C=O) groups is 2. The Morgan fingerprint density at radius 3 is 2.21 bits per heavy atom. The maximum Gasteiger partial charge on any atom is 0.425 e. The number of nitrogens with zero attached hydrogens (tertiary/aromatic N) is 2. The van der Waals surface area contributed by atoms with Crippen molar-refractivity contribution in [2.75, 3.05) is 26.2 Å². The maximum atomic E-state index is 13.6. The Labute approximate surface area is 192 Å². The Hall–Kier alpha value is -2.50. The van der Waals surface area contributed by atoms with Crippen LogP contribution >= 0.6 is 0 Å². The molecule has 0 radical (unpaired) electrons. The van der Waals surface area contributed by atoms with Gasteiger partial charge in [0.2, 0.25) is 0 Å². The van der Waals surface area contributed by atoms with Crippen molar-refractivity contribution >= 4 is 12.6 Å². The second-order valence-electron chi connectivity index (χ2n) is 8.66. The number of amides is 1. The molecule has 1 heterocycles. The van der Waals surface area contributed by atoms with Gasteiger partial charge in [0.05, 0.1) is 5.56 Å². The smallest absolute Gasteiger partial charge is 0.425 e. The molecule has 34 heavy (non-hydrogen) atoms. The summed E-state index contributed by atoms with van der Waals surface area (Å²) in [5.74, 6) is 0. The van der Waals surface area contributed by atoms with Gasteiger partial charge in [0.1, 0.15) is 5.60 Å². The van der Waals surface area contributed by atoms with Crippen LogP contribution in [0.4, 0.5) is 31.1 Å². The third kappa shape index (κ3) is 6.13. The molecule has 1 aliphatic heterocycles. The normalized spacial score (nSPS) is 20.1. The molecule has 1 saturated heterocycles. The lowest BCUT2D eigenvalue weighted by Crippen LogP contribution is -2.49. The van der Waals surface area contributed by atoms with Crippen molar-refractivity contribution in [3.8, 4) is 0 Å². The van der Waals surface area contributed by atoms with Crippen LogP contribution in [-0.4, -0.2) is 60.8 Å². The fraction of sp³-hybridized carbons (Fsp3) is 0.636. The Bertz CT molecular complexity index is 875. The van der Waals surface area contributed by atoms with Gasteiger partial charge in [0.15, 0.2) is 6.10 Å². The molecule has 1 aliphatic carbocycles. The average Bonchev–Trinajstić information content (AvgIpc) is 3.23. The Morgan fingerprint density at radius 2 is 1.68 bits per heavy atom. The summed E-state index contributed by atoms with van der Waals surface area (Å²) in [5.41, 5.74) is -1.27. The molecule has 0 N–H and O–H groups in total. The fourth-order valence-corrected chi connectivity index (χ4v) is 4.36. The van der Waals surface area contributed by atoms with Crippen molar-refractivity contribution in [3.05, 3.63) is 34.9 Å². The number of hydrogen-bond acceptors (Lipinski definition) is 5. The van der Waals surface area contributed by atoms with Crippen molar-refractivity contribution in [1.29, 1.82) is 0 Å². The number of rotatable bonds is 6. The van der Waals surface area contributed by atoms with Crippen molar-refractivity contribution in [2.45, 2.75) is 63.2 Å². The summed E-state index contributed by atoms with van der Waals surface area (Å²) in [6.07, 6.45) is -10.3. The predicted octanol–water partition coefficient (Wildman–Crippen LogP) is 4.85. The first-order valence-electron chi connectivity index (χ1n) is 10.9. The van der Waals surface area contributed by atoms with Gasteiger partial charge in [-0.1, -0.05) is 6.07 Å². The lowest BCUT2D eigenvalue weighted by molar-refractivity contribution is -0.200. The van der Waals surface area contributed by atoms with Crippen LogP contribution in [0, 0.1) is 0 Å². The summed E-state index contributed by atoms with van der Waals surface area (Å²) in [6, 6.07) is 3.67. The van der Waals surface area contributed by atoms with Crippen molar-refractivity contribution in [1.82, 2.24) is 9.80 Å². The Kier molecular flexibility index (Phi) is 7.69. The van der Waals surface area contributed by atoms with E-state index in [1.54, 1.807) is 11.0 Å². The van der Waals surface area contributed by atoms with Crippen LogP contribution in [-0.2, 0) is 32.6 Å². The number of alkyl halides is 6. The molecule has 0 aromatic heterocycles. The summed E-state index contributed by atoms with van der Waals surface area (Å²) >= 11 is 0. The summed E-state index contributed by atoms with van der Waals surface area (Å²) in [7, 11) is 0. The van der Waals surface area contributed by atoms with E-state index in [0.717, 1.165) is 36.8 Å². The second kappa shape index (κ2) is 10.0. The standard InChI is InChI=1S/C22H26F6N2O4/c1-15(21(23,24)25)34-19(32)30-8-6-29(7-9-30)13-16-10-17(12-18(11-16)22(26,27)28)20(33-14-31)4-2-3-5-20/h10-12,14-15H,2-9,13H2,1H3. The van der Waals surface area contributed by atoms with Crippen LogP contribution in [0.15, 0.2) is 18.2 Å². The highest BCUT2D eigenvalue weighted by atomic mass is 19.4. The Balaban J connectivity index is 1.71. The molecule has 1 aromatic rings. The largest absolute Gasteiger partial charge is 0.456 e. The molecule has 190 valence electrons. The van der Waals surface area contributed by atoms with E-state index in [0.29, 0.717) is 24.0 Å². The van der Waals surface area contributed by atoms with Crippen LogP contribution in [0.1, 0.15) is 49.3 Å². The van der Waals surface area contributed by atoms with Gasteiger partial charge in [-0.3, -0.25) is 9.69 Å². The van der Waals surface area contributed by atoms with Crippen molar-refractivity contribution in [3.63, 3.8) is 0 Å². The molecule has 1 unspecified atom stereocenters. The highest BCUT2D eigenvalue weighted by Gasteiger charge is 2.41. The summed E-state index contributed by atoms with van der Waals surface area (Å²) in [5, 5.41) is 0. The van der Waals surface area contributed by atoms with E-state index in [4.69, 9.17) is 4.74 Å². The van der Waals surface area contributed by atoms with Gasteiger partial charge >= 0.3 is 18.4 Å². The van der Waals surface area contributed by atoms with E-state index in [1.807, 2.05) is 0 Å². The number of ether oxygens (including phenoxy) is 2. The van der Waals surface area contributed by atoms with Gasteiger partial charge in [0.25, 0.3) is 6.47 Å². The SMILES string of the molecule is CC(OC(=O)N1CCN(Cc2cc(C(F)(F)F)cc(C3(OC=O)CCCC3)c2)CC1)C(F)(F)F. The van der Waals surface area contributed by atoms with Crippen LogP contribution in [0.5, 0.6) is 0 Å². The number of piperazine rings is 1. The van der Waals surface area contributed by atoms with Crippen LogP contribution in [0.2, 0.25) is 0 Å². The average molecular weight is 496 g/mol. The third-order valence-electron chi connectivity index (χ3n) is 6.31. The van der Waals surface area contributed by atoms with E-state index in [1.165, 1.54) is 0 Å². The second-order valence-corrected chi connectivity index (χ2v) is 8.66. The summed E-state index contributed by atoms with van der Waals surface area (Å²) < 4.78 is 88.3. The zero-order valence-electron chi connectivity index (χ0n) is 18.5. The van der Waals surface area contributed by atoms with E-state index in [2.05, 4.69) is 4.74 Å². The molecule has 2 aliphatic rings. The molecule has 1 saturated carbocycles. The predicted molar refractivity (Wildman–Crippen MR) is 108 cm³/mol. The van der Waals surface area contributed by atoms with Crippen molar-refractivity contribution < 1.29 is 45.4 Å². The zero-order chi connectivity index (χ0) is 25.1. The van der Waals surface area contributed by atoms with Crippen molar-refractivity contribution in [2.24, 2.45) is 0 Å². The van der Waals surface area contributed by atoms with E-state index in [9.17, 15) is 35.9 Å². The first-order valence-corrected chi connectivity index (χ1v) is 10.9. The number of benzene rings is 1. The van der Waals surface area contributed by atoms with E-state index >= 15 is 0 Å². The quantitative estimate of drug-likeness (QED) is 0.416. The fourth-order valence-electron chi connectivity index (χ4n) is 4.36. The van der Waals surface area contributed by atoms with E-state index < -0.39 is 35.7 Å². The van der Waals surface area contributed by atoms with Gasteiger partial charge in [0, 0.05) is 32.7 Å². The highest BCUT2D eigenvalue weighted by molar-refractivity contribution is 5.68.